The van der Waals surface area contributed by atoms with Crippen molar-refractivity contribution in [2.45, 2.75) is 13.5 Å². The van der Waals surface area contributed by atoms with E-state index in [4.69, 9.17) is 0 Å². The van der Waals surface area contributed by atoms with Crippen LogP contribution in [0.3, 0.4) is 0 Å². The lowest BCUT2D eigenvalue weighted by Gasteiger charge is -1.94. The van der Waals surface area contributed by atoms with Crippen LogP contribution in [0.4, 0.5) is 0 Å². The normalized spacial score (nSPS) is 10.8. The molecule has 2 heterocycles. The highest BCUT2D eigenvalue weighted by molar-refractivity contribution is 7.19. The topological polar surface area (TPSA) is 24.9 Å². The summed E-state index contributed by atoms with van der Waals surface area (Å²) < 4.78 is 1.32. The maximum Gasteiger partial charge on any atom is 0.0376 e. The van der Waals surface area contributed by atoms with Gasteiger partial charge >= 0.3 is 0 Å². The second-order valence-electron chi connectivity index (χ2n) is 2.91. The predicted octanol–water partition coefficient (Wildman–Crippen LogP) is 2.41. The fourth-order valence-electron chi connectivity index (χ4n) is 1.27. The number of nitrogens with zero attached hydrogens (tertiary/aromatic N) is 1. The summed E-state index contributed by atoms with van der Waals surface area (Å²) in [6.07, 6.45) is 3.76. The molecule has 0 unspecified atom stereocenters. The molecule has 0 amide bonds. The van der Waals surface area contributed by atoms with E-state index in [9.17, 15) is 0 Å². The van der Waals surface area contributed by atoms with E-state index in [0.29, 0.717) is 0 Å². The second-order valence-corrected chi connectivity index (χ2v) is 4.07. The molecule has 2 nitrogen and oxygen atoms in total. The van der Waals surface area contributed by atoms with E-state index in [1.54, 1.807) is 0 Å². The van der Waals surface area contributed by atoms with Gasteiger partial charge in [-0.3, -0.25) is 4.98 Å². The Bertz CT molecular complexity index is 361. The van der Waals surface area contributed by atoms with Crippen LogP contribution < -0.4 is 5.32 Å². The summed E-state index contributed by atoms with van der Waals surface area (Å²) in [6.45, 7) is 4.11. The fraction of sp³-hybridized carbons (Fsp3) is 0.300. The van der Waals surface area contributed by atoms with Crippen molar-refractivity contribution in [1.82, 2.24) is 10.3 Å². The van der Waals surface area contributed by atoms with Crippen LogP contribution in [0.5, 0.6) is 0 Å². The van der Waals surface area contributed by atoms with Crippen LogP contribution in [0.25, 0.3) is 10.1 Å². The summed E-state index contributed by atoms with van der Waals surface area (Å²) >= 11 is 1.83. The molecule has 0 saturated carbocycles. The molecule has 13 heavy (non-hydrogen) atoms. The zero-order valence-electron chi connectivity index (χ0n) is 7.58. The molecule has 0 aliphatic rings. The Hall–Kier alpha value is -0.930. The number of hydrogen-bond donors (Lipinski definition) is 1. The van der Waals surface area contributed by atoms with Crippen LogP contribution >= 0.6 is 11.3 Å². The van der Waals surface area contributed by atoms with Crippen LogP contribution in [0, 0.1) is 0 Å². The van der Waals surface area contributed by atoms with E-state index in [1.807, 2.05) is 23.7 Å². The Labute approximate surface area is 81.6 Å². The third kappa shape index (κ3) is 1.87. The van der Waals surface area contributed by atoms with Crippen molar-refractivity contribution < 1.29 is 0 Å². The standard InChI is InChI=1S/C10H12N2S/c1-2-11-7-9-5-8-6-12-4-3-10(8)13-9/h3-6,11H,2,7H2,1H3. The van der Waals surface area contributed by atoms with Crippen LogP contribution in [-0.4, -0.2) is 11.5 Å². The Morgan fingerprint density at radius 3 is 3.23 bits per heavy atom. The van der Waals surface area contributed by atoms with Crippen LogP contribution in [0.15, 0.2) is 24.5 Å². The molecule has 0 bridgehead atoms. The van der Waals surface area contributed by atoms with Crippen molar-refractivity contribution in [3.05, 3.63) is 29.4 Å². The maximum absolute atomic E-state index is 4.09. The van der Waals surface area contributed by atoms with Gasteiger partial charge in [-0.15, -0.1) is 11.3 Å². The highest BCUT2D eigenvalue weighted by Crippen LogP contribution is 2.23. The highest BCUT2D eigenvalue weighted by atomic mass is 32.1. The summed E-state index contributed by atoms with van der Waals surface area (Å²) in [6, 6.07) is 4.27. The van der Waals surface area contributed by atoms with E-state index in [1.165, 1.54) is 15.0 Å². The van der Waals surface area contributed by atoms with Gasteiger partial charge in [-0.2, -0.15) is 0 Å². The highest BCUT2D eigenvalue weighted by Gasteiger charge is 1.99. The first-order valence-corrected chi connectivity index (χ1v) is 5.25. The van der Waals surface area contributed by atoms with Crippen molar-refractivity contribution in [2.24, 2.45) is 0 Å². The zero-order chi connectivity index (χ0) is 9.10. The Kier molecular flexibility index (Phi) is 2.57. The molecule has 0 radical (unpaired) electrons. The van der Waals surface area contributed by atoms with E-state index >= 15 is 0 Å². The summed E-state index contributed by atoms with van der Waals surface area (Å²) in [7, 11) is 0. The molecular formula is C10H12N2S. The van der Waals surface area contributed by atoms with Gasteiger partial charge in [0.15, 0.2) is 0 Å². The van der Waals surface area contributed by atoms with Crippen molar-refractivity contribution in [2.75, 3.05) is 6.54 Å². The average Bonchev–Trinajstić information content (AvgIpc) is 2.57. The molecule has 0 saturated heterocycles. The molecule has 2 rings (SSSR count). The zero-order valence-corrected chi connectivity index (χ0v) is 8.40. The van der Waals surface area contributed by atoms with E-state index < -0.39 is 0 Å². The number of thiophene rings is 1. The lowest BCUT2D eigenvalue weighted by molar-refractivity contribution is 0.736. The second kappa shape index (κ2) is 3.85. The van der Waals surface area contributed by atoms with Gasteiger partial charge in [0.25, 0.3) is 0 Å². The molecule has 0 atom stereocenters. The van der Waals surface area contributed by atoms with Crippen LogP contribution in [-0.2, 0) is 6.54 Å². The first-order valence-electron chi connectivity index (χ1n) is 4.43. The minimum absolute atomic E-state index is 0.968. The quantitative estimate of drug-likeness (QED) is 0.807. The molecule has 2 aromatic heterocycles. The van der Waals surface area contributed by atoms with Gasteiger partial charge in [0, 0.05) is 33.9 Å². The third-order valence-electron chi connectivity index (χ3n) is 1.92. The summed E-state index contributed by atoms with van der Waals surface area (Å²) in [5.41, 5.74) is 0. The van der Waals surface area contributed by atoms with Crippen molar-refractivity contribution in [1.29, 1.82) is 0 Å². The molecule has 0 aliphatic heterocycles. The smallest absolute Gasteiger partial charge is 0.0376 e. The van der Waals surface area contributed by atoms with Crippen molar-refractivity contribution in [3.63, 3.8) is 0 Å². The minimum Gasteiger partial charge on any atom is -0.312 e. The molecule has 68 valence electrons. The molecule has 0 spiro atoms. The largest absolute Gasteiger partial charge is 0.312 e. The van der Waals surface area contributed by atoms with Gasteiger partial charge in [0.2, 0.25) is 0 Å². The number of nitrogens with one attached hydrogen (secondary N) is 1. The molecule has 0 aromatic carbocycles. The number of pyridine rings is 1. The predicted molar refractivity (Wildman–Crippen MR) is 57.0 cm³/mol. The number of hydrogen-bond acceptors (Lipinski definition) is 3. The Morgan fingerprint density at radius 2 is 2.46 bits per heavy atom. The van der Waals surface area contributed by atoms with Gasteiger partial charge in [-0.05, 0) is 18.7 Å². The SMILES string of the molecule is CCNCc1cc2cnccc2s1. The Balaban J connectivity index is 2.28. The lowest BCUT2D eigenvalue weighted by Crippen LogP contribution is -2.10. The van der Waals surface area contributed by atoms with E-state index in [0.717, 1.165) is 13.1 Å². The lowest BCUT2D eigenvalue weighted by atomic mass is 10.3. The molecule has 0 aliphatic carbocycles. The van der Waals surface area contributed by atoms with Gasteiger partial charge in [0.05, 0.1) is 0 Å². The fourth-order valence-corrected chi connectivity index (χ4v) is 2.28. The monoisotopic (exact) mass is 192 g/mol. The molecule has 3 heteroatoms. The van der Waals surface area contributed by atoms with Crippen molar-refractivity contribution >= 4 is 21.4 Å². The van der Waals surface area contributed by atoms with Gasteiger partial charge < -0.3 is 5.32 Å². The number of aromatic nitrogens is 1. The molecular weight excluding hydrogens is 180 g/mol. The van der Waals surface area contributed by atoms with E-state index in [-0.39, 0.29) is 0 Å². The molecule has 0 fully saturated rings. The molecule has 1 N–H and O–H groups in total. The summed E-state index contributed by atoms with van der Waals surface area (Å²) in [5.74, 6) is 0. The Morgan fingerprint density at radius 1 is 1.54 bits per heavy atom. The van der Waals surface area contributed by atoms with E-state index in [2.05, 4.69) is 29.4 Å². The van der Waals surface area contributed by atoms with Gasteiger partial charge in [-0.1, -0.05) is 6.92 Å². The number of rotatable bonds is 3. The third-order valence-corrected chi connectivity index (χ3v) is 3.03. The summed E-state index contributed by atoms with van der Waals surface area (Å²) in [5, 5.41) is 4.57. The van der Waals surface area contributed by atoms with Crippen LogP contribution in [0.2, 0.25) is 0 Å². The molecule has 2 aromatic rings. The maximum atomic E-state index is 4.09. The van der Waals surface area contributed by atoms with Gasteiger partial charge in [-0.25, -0.2) is 0 Å². The summed E-state index contributed by atoms with van der Waals surface area (Å²) in [4.78, 5) is 5.47. The first kappa shape index (κ1) is 8.66. The number of fused-ring (bicyclic) bond motifs is 1. The van der Waals surface area contributed by atoms with Crippen LogP contribution in [0.1, 0.15) is 11.8 Å². The average molecular weight is 192 g/mol. The minimum atomic E-state index is 0.968. The van der Waals surface area contributed by atoms with Gasteiger partial charge in [0.1, 0.15) is 0 Å². The first-order chi connectivity index (χ1) is 6.40. The van der Waals surface area contributed by atoms with Crippen molar-refractivity contribution in [3.8, 4) is 0 Å².